The van der Waals surface area contributed by atoms with Gasteiger partial charge in [0.1, 0.15) is 0 Å². The van der Waals surface area contributed by atoms with E-state index in [1.165, 1.54) is 4.90 Å². The first kappa shape index (κ1) is 13.3. The number of aryl methyl sites for hydroxylation is 1. The van der Waals surface area contributed by atoms with Gasteiger partial charge in [0.2, 0.25) is 5.91 Å². The van der Waals surface area contributed by atoms with Crippen LogP contribution in [0.15, 0.2) is 12.1 Å². The van der Waals surface area contributed by atoms with Gasteiger partial charge in [-0.3, -0.25) is 14.4 Å². The first-order valence-corrected chi connectivity index (χ1v) is 6.10. The minimum absolute atomic E-state index is 0.136. The normalized spacial score (nSPS) is 15.6. The number of primary amides is 1. The Hall–Kier alpha value is -2.17. The van der Waals surface area contributed by atoms with E-state index in [1.807, 2.05) is 19.9 Å². The Morgan fingerprint density at radius 1 is 1.32 bits per heavy atom. The van der Waals surface area contributed by atoms with Crippen LogP contribution in [0.25, 0.3) is 0 Å². The molecule has 0 fully saturated rings. The number of amides is 2. The number of anilines is 1. The summed E-state index contributed by atoms with van der Waals surface area (Å²) in [6.45, 7) is 5.56. The smallest absolute Gasteiger partial charge is 0.299 e. The molecule has 1 aliphatic heterocycles. The van der Waals surface area contributed by atoms with Crippen molar-refractivity contribution in [1.29, 1.82) is 0 Å². The summed E-state index contributed by atoms with van der Waals surface area (Å²) < 4.78 is 0. The number of carbonyl (C=O) groups is 3. The summed E-state index contributed by atoms with van der Waals surface area (Å²) in [7, 11) is 0. The Kier molecular flexibility index (Phi) is 3.14. The average Bonchev–Trinajstić information content (AvgIpc) is 2.59. The SMILES string of the molecule is Cc1ccc2c(c1C)N(CC(C)C(N)=O)C(=O)C2=O. The number of nitrogens with zero attached hydrogens (tertiary/aromatic N) is 1. The van der Waals surface area contributed by atoms with Gasteiger partial charge in [-0.1, -0.05) is 13.0 Å². The van der Waals surface area contributed by atoms with E-state index in [4.69, 9.17) is 5.73 Å². The van der Waals surface area contributed by atoms with Gasteiger partial charge in [-0.15, -0.1) is 0 Å². The van der Waals surface area contributed by atoms with Crippen LogP contribution in [0, 0.1) is 19.8 Å². The van der Waals surface area contributed by atoms with Crippen LogP contribution in [-0.4, -0.2) is 24.1 Å². The van der Waals surface area contributed by atoms with E-state index >= 15 is 0 Å². The molecule has 5 nitrogen and oxygen atoms in total. The first-order valence-electron chi connectivity index (χ1n) is 6.10. The van der Waals surface area contributed by atoms with Crippen molar-refractivity contribution < 1.29 is 14.4 Å². The summed E-state index contributed by atoms with van der Waals surface area (Å²) in [5.41, 5.74) is 8.12. The Balaban J connectivity index is 2.49. The standard InChI is InChI=1S/C14H16N2O3/c1-7-4-5-10-11(9(7)3)16(14(19)12(10)17)6-8(2)13(15)18/h4-5,8H,6H2,1-3H3,(H2,15,18). The summed E-state index contributed by atoms with van der Waals surface area (Å²) in [5.74, 6) is -2.09. The molecule has 1 aromatic rings. The number of ketones is 1. The molecule has 0 bridgehead atoms. The quantitative estimate of drug-likeness (QED) is 0.822. The number of benzene rings is 1. The Morgan fingerprint density at radius 3 is 2.53 bits per heavy atom. The lowest BCUT2D eigenvalue weighted by atomic mass is 10.0. The Morgan fingerprint density at radius 2 is 1.95 bits per heavy atom. The zero-order valence-corrected chi connectivity index (χ0v) is 11.2. The third-order valence-corrected chi connectivity index (χ3v) is 3.60. The van der Waals surface area contributed by atoms with Crippen LogP contribution in [0.1, 0.15) is 28.4 Å². The molecule has 0 radical (unpaired) electrons. The fourth-order valence-electron chi connectivity index (χ4n) is 2.21. The van der Waals surface area contributed by atoms with Crippen molar-refractivity contribution in [1.82, 2.24) is 0 Å². The fraction of sp³-hybridized carbons (Fsp3) is 0.357. The lowest BCUT2D eigenvalue weighted by molar-refractivity contribution is -0.121. The van der Waals surface area contributed by atoms with Crippen LogP contribution in [0.2, 0.25) is 0 Å². The van der Waals surface area contributed by atoms with Gasteiger partial charge >= 0.3 is 0 Å². The molecule has 1 heterocycles. The summed E-state index contributed by atoms with van der Waals surface area (Å²) in [4.78, 5) is 36.4. The zero-order chi connectivity index (χ0) is 14.3. The number of carbonyl (C=O) groups excluding carboxylic acids is 3. The minimum Gasteiger partial charge on any atom is -0.369 e. The second kappa shape index (κ2) is 4.50. The topological polar surface area (TPSA) is 80.5 Å². The minimum atomic E-state index is -0.586. The van der Waals surface area contributed by atoms with Crippen molar-refractivity contribution >= 4 is 23.3 Å². The molecule has 2 N–H and O–H groups in total. The molecule has 1 atom stereocenters. The van der Waals surface area contributed by atoms with Crippen LogP contribution < -0.4 is 10.6 Å². The van der Waals surface area contributed by atoms with E-state index in [0.717, 1.165) is 11.1 Å². The molecule has 1 aromatic carbocycles. The Labute approximate surface area is 111 Å². The maximum Gasteiger partial charge on any atom is 0.299 e. The summed E-state index contributed by atoms with van der Waals surface area (Å²) >= 11 is 0. The number of rotatable bonds is 3. The number of hydrogen-bond acceptors (Lipinski definition) is 3. The van der Waals surface area contributed by atoms with Crippen LogP contribution in [-0.2, 0) is 9.59 Å². The molecule has 0 aromatic heterocycles. The maximum absolute atomic E-state index is 12.0. The van der Waals surface area contributed by atoms with E-state index in [2.05, 4.69) is 0 Å². The van der Waals surface area contributed by atoms with E-state index < -0.39 is 23.5 Å². The third kappa shape index (κ3) is 2.01. The number of nitrogens with two attached hydrogens (primary N) is 1. The predicted molar refractivity (Wildman–Crippen MR) is 71.0 cm³/mol. The highest BCUT2D eigenvalue weighted by molar-refractivity contribution is 6.52. The van der Waals surface area contributed by atoms with E-state index in [1.54, 1.807) is 13.0 Å². The predicted octanol–water partition coefficient (Wildman–Crippen LogP) is 0.954. The highest BCUT2D eigenvalue weighted by Crippen LogP contribution is 2.34. The third-order valence-electron chi connectivity index (χ3n) is 3.60. The molecule has 5 heteroatoms. The largest absolute Gasteiger partial charge is 0.369 e. The monoisotopic (exact) mass is 260 g/mol. The van der Waals surface area contributed by atoms with Crippen molar-refractivity contribution in [2.75, 3.05) is 11.4 Å². The zero-order valence-electron chi connectivity index (χ0n) is 11.2. The molecule has 1 unspecified atom stereocenters. The molecule has 19 heavy (non-hydrogen) atoms. The molecular weight excluding hydrogens is 244 g/mol. The molecule has 2 amide bonds. The first-order chi connectivity index (χ1) is 8.84. The van der Waals surface area contributed by atoms with Crippen LogP contribution >= 0.6 is 0 Å². The molecule has 100 valence electrons. The highest BCUT2D eigenvalue weighted by Gasteiger charge is 2.38. The summed E-state index contributed by atoms with van der Waals surface area (Å²) in [5, 5.41) is 0. The second-order valence-corrected chi connectivity index (χ2v) is 4.95. The molecule has 1 aliphatic rings. The molecule has 0 spiro atoms. The van der Waals surface area contributed by atoms with Crippen molar-refractivity contribution in [2.45, 2.75) is 20.8 Å². The number of hydrogen-bond donors (Lipinski definition) is 1. The summed E-state index contributed by atoms with van der Waals surface area (Å²) in [6, 6.07) is 3.48. The van der Waals surface area contributed by atoms with E-state index in [0.29, 0.717) is 11.3 Å². The molecule has 0 aliphatic carbocycles. The van der Waals surface area contributed by atoms with Gasteiger partial charge in [-0.25, -0.2) is 0 Å². The van der Waals surface area contributed by atoms with E-state index in [9.17, 15) is 14.4 Å². The van der Waals surface area contributed by atoms with Crippen molar-refractivity contribution in [3.05, 3.63) is 28.8 Å². The summed E-state index contributed by atoms with van der Waals surface area (Å²) in [6.07, 6.45) is 0. The van der Waals surface area contributed by atoms with Crippen molar-refractivity contribution in [2.24, 2.45) is 11.7 Å². The molecule has 2 rings (SSSR count). The maximum atomic E-state index is 12.0. The van der Waals surface area contributed by atoms with Gasteiger partial charge in [-0.2, -0.15) is 0 Å². The lowest BCUT2D eigenvalue weighted by Gasteiger charge is -2.21. The van der Waals surface area contributed by atoms with Gasteiger partial charge in [0, 0.05) is 6.54 Å². The van der Waals surface area contributed by atoms with Crippen molar-refractivity contribution in [3.63, 3.8) is 0 Å². The molecule has 0 saturated heterocycles. The number of fused-ring (bicyclic) bond motifs is 1. The van der Waals surface area contributed by atoms with Gasteiger partial charge < -0.3 is 10.6 Å². The van der Waals surface area contributed by atoms with Crippen molar-refractivity contribution in [3.8, 4) is 0 Å². The molecular formula is C14H16N2O3. The van der Waals surface area contributed by atoms with Gasteiger partial charge in [0.15, 0.2) is 0 Å². The average molecular weight is 260 g/mol. The van der Waals surface area contributed by atoms with Gasteiger partial charge in [0.25, 0.3) is 11.7 Å². The van der Waals surface area contributed by atoms with E-state index in [-0.39, 0.29) is 6.54 Å². The highest BCUT2D eigenvalue weighted by atomic mass is 16.2. The fourth-order valence-corrected chi connectivity index (χ4v) is 2.21. The Bertz CT molecular complexity index is 593. The number of Topliss-reactive ketones (excluding diaryl/α,β-unsaturated/α-hetero) is 1. The van der Waals surface area contributed by atoms with Crippen LogP contribution in [0.4, 0.5) is 5.69 Å². The lowest BCUT2D eigenvalue weighted by Crippen LogP contribution is -2.38. The van der Waals surface area contributed by atoms with Gasteiger partial charge in [0.05, 0.1) is 17.2 Å². The van der Waals surface area contributed by atoms with Crippen LogP contribution in [0.5, 0.6) is 0 Å². The van der Waals surface area contributed by atoms with Crippen LogP contribution in [0.3, 0.4) is 0 Å². The van der Waals surface area contributed by atoms with Gasteiger partial charge in [-0.05, 0) is 31.0 Å². The molecule has 0 saturated carbocycles. The second-order valence-electron chi connectivity index (χ2n) is 4.95.